The molecule has 1 aliphatic rings. The standard InChI is InChI=1S/C15H18BrNO3S/c1-10-8-17(9-11(10)15(19)20)14(18)6-7-21-13-5-3-2-4-12(13)16/h2-5,10-11H,6-9H2,1H3,(H,19,20)/t10-,11-/m1/s1. The average molecular weight is 372 g/mol. The lowest BCUT2D eigenvalue weighted by Gasteiger charge is -2.15. The van der Waals surface area contributed by atoms with Crippen molar-refractivity contribution in [3.63, 3.8) is 0 Å². The summed E-state index contributed by atoms with van der Waals surface area (Å²) in [6, 6.07) is 7.91. The molecule has 1 aromatic carbocycles. The molecule has 1 aliphatic heterocycles. The van der Waals surface area contributed by atoms with Gasteiger partial charge >= 0.3 is 5.97 Å². The number of nitrogens with zero attached hydrogens (tertiary/aromatic N) is 1. The van der Waals surface area contributed by atoms with Gasteiger partial charge in [0.25, 0.3) is 0 Å². The molecule has 1 aromatic rings. The molecule has 4 nitrogen and oxygen atoms in total. The van der Waals surface area contributed by atoms with Crippen LogP contribution in [0.2, 0.25) is 0 Å². The van der Waals surface area contributed by atoms with E-state index in [0.717, 1.165) is 9.37 Å². The zero-order valence-electron chi connectivity index (χ0n) is 11.8. The van der Waals surface area contributed by atoms with Crippen molar-refractivity contribution in [2.75, 3.05) is 18.8 Å². The first kappa shape index (κ1) is 16.4. The molecule has 2 rings (SSSR count). The number of benzene rings is 1. The third-order valence-corrected chi connectivity index (χ3v) is 5.72. The van der Waals surface area contributed by atoms with E-state index in [1.54, 1.807) is 16.7 Å². The minimum atomic E-state index is -0.805. The number of hydrogen-bond acceptors (Lipinski definition) is 3. The van der Waals surface area contributed by atoms with E-state index in [2.05, 4.69) is 15.9 Å². The third kappa shape index (κ3) is 4.23. The van der Waals surface area contributed by atoms with Crippen LogP contribution in [0.15, 0.2) is 33.6 Å². The quantitative estimate of drug-likeness (QED) is 0.807. The first-order valence-electron chi connectivity index (χ1n) is 6.87. The highest BCUT2D eigenvalue weighted by Crippen LogP contribution is 2.28. The number of carboxylic acid groups (broad SMARTS) is 1. The Morgan fingerprint density at radius 1 is 1.38 bits per heavy atom. The summed E-state index contributed by atoms with van der Waals surface area (Å²) in [7, 11) is 0. The van der Waals surface area contributed by atoms with Gasteiger partial charge in [0.1, 0.15) is 0 Å². The average Bonchev–Trinajstić information content (AvgIpc) is 2.83. The monoisotopic (exact) mass is 371 g/mol. The minimum absolute atomic E-state index is 0.0300. The van der Waals surface area contributed by atoms with Crippen molar-refractivity contribution in [1.29, 1.82) is 0 Å². The van der Waals surface area contributed by atoms with Gasteiger partial charge in [-0.25, -0.2) is 0 Å². The molecule has 1 fully saturated rings. The smallest absolute Gasteiger partial charge is 0.308 e. The van der Waals surface area contributed by atoms with Crippen molar-refractivity contribution >= 4 is 39.6 Å². The zero-order chi connectivity index (χ0) is 15.4. The summed E-state index contributed by atoms with van der Waals surface area (Å²) in [5.74, 6) is -0.456. The molecule has 0 aliphatic carbocycles. The summed E-state index contributed by atoms with van der Waals surface area (Å²) >= 11 is 5.11. The van der Waals surface area contributed by atoms with E-state index in [4.69, 9.17) is 5.11 Å². The first-order chi connectivity index (χ1) is 9.99. The summed E-state index contributed by atoms with van der Waals surface area (Å²) < 4.78 is 1.03. The van der Waals surface area contributed by atoms with Crippen molar-refractivity contribution in [1.82, 2.24) is 4.90 Å². The Morgan fingerprint density at radius 3 is 2.71 bits per heavy atom. The second kappa shape index (κ2) is 7.31. The Morgan fingerprint density at radius 2 is 2.10 bits per heavy atom. The molecule has 0 bridgehead atoms. The molecule has 0 radical (unpaired) electrons. The number of aliphatic carboxylic acids is 1. The fourth-order valence-electron chi connectivity index (χ4n) is 2.46. The maximum absolute atomic E-state index is 12.1. The number of halogens is 1. The molecule has 6 heteroatoms. The number of amides is 1. The number of carbonyl (C=O) groups is 2. The Balaban J connectivity index is 1.81. The third-order valence-electron chi connectivity index (χ3n) is 3.69. The van der Waals surface area contributed by atoms with Crippen molar-refractivity contribution in [2.24, 2.45) is 11.8 Å². The van der Waals surface area contributed by atoms with E-state index >= 15 is 0 Å². The Kier molecular flexibility index (Phi) is 5.70. The van der Waals surface area contributed by atoms with Gasteiger partial charge in [0, 0.05) is 34.6 Å². The minimum Gasteiger partial charge on any atom is -0.481 e. The van der Waals surface area contributed by atoms with Crippen LogP contribution >= 0.6 is 27.7 Å². The van der Waals surface area contributed by atoms with Crippen LogP contribution in [0.4, 0.5) is 0 Å². The van der Waals surface area contributed by atoms with Gasteiger partial charge in [0.05, 0.1) is 5.92 Å². The molecule has 1 saturated heterocycles. The van der Waals surface area contributed by atoms with Crippen LogP contribution in [-0.2, 0) is 9.59 Å². The molecule has 1 heterocycles. The largest absolute Gasteiger partial charge is 0.481 e. The second-order valence-corrected chi connectivity index (χ2v) is 7.24. The summed E-state index contributed by atoms with van der Waals surface area (Å²) in [5.41, 5.74) is 0. The van der Waals surface area contributed by atoms with Crippen LogP contribution < -0.4 is 0 Å². The van der Waals surface area contributed by atoms with E-state index in [0.29, 0.717) is 25.3 Å². The van der Waals surface area contributed by atoms with E-state index < -0.39 is 11.9 Å². The van der Waals surface area contributed by atoms with Crippen LogP contribution in [0.1, 0.15) is 13.3 Å². The lowest BCUT2D eigenvalue weighted by Crippen LogP contribution is -2.30. The fraction of sp³-hybridized carbons (Fsp3) is 0.467. The molecule has 0 spiro atoms. The molecule has 21 heavy (non-hydrogen) atoms. The van der Waals surface area contributed by atoms with Gasteiger partial charge in [-0.1, -0.05) is 19.1 Å². The lowest BCUT2D eigenvalue weighted by atomic mass is 9.99. The predicted octanol–water partition coefficient (Wildman–Crippen LogP) is 3.11. The SMILES string of the molecule is C[C@@H]1CN(C(=O)CCSc2ccccc2Br)C[C@H]1C(=O)O. The van der Waals surface area contributed by atoms with Crippen molar-refractivity contribution < 1.29 is 14.7 Å². The normalized spacial score (nSPS) is 21.5. The lowest BCUT2D eigenvalue weighted by molar-refractivity contribution is -0.142. The molecular formula is C15H18BrNO3S. The highest BCUT2D eigenvalue weighted by atomic mass is 79.9. The van der Waals surface area contributed by atoms with Crippen molar-refractivity contribution in [3.8, 4) is 0 Å². The van der Waals surface area contributed by atoms with Gasteiger partial charge in [0.2, 0.25) is 5.91 Å². The summed E-state index contributed by atoms with van der Waals surface area (Å²) in [6.07, 6.45) is 0.436. The molecule has 0 saturated carbocycles. The van der Waals surface area contributed by atoms with E-state index in [1.807, 2.05) is 31.2 Å². The molecule has 0 aromatic heterocycles. The summed E-state index contributed by atoms with van der Waals surface area (Å²) in [6.45, 7) is 2.78. The Hall–Kier alpha value is -1.01. The maximum Gasteiger partial charge on any atom is 0.308 e. The van der Waals surface area contributed by atoms with Crippen molar-refractivity contribution in [3.05, 3.63) is 28.7 Å². The van der Waals surface area contributed by atoms with Gasteiger partial charge in [-0.05, 0) is 34.0 Å². The van der Waals surface area contributed by atoms with Gasteiger partial charge in [-0.2, -0.15) is 0 Å². The van der Waals surface area contributed by atoms with Crippen LogP contribution in [0.3, 0.4) is 0 Å². The van der Waals surface area contributed by atoms with Crippen LogP contribution in [0.25, 0.3) is 0 Å². The highest BCUT2D eigenvalue weighted by Gasteiger charge is 2.36. The number of carboxylic acids is 1. The van der Waals surface area contributed by atoms with Crippen LogP contribution in [0.5, 0.6) is 0 Å². The van der Waals surface area contributed by atoms with E-state index in [-0.39, 0.29) is 11.8 Å². The van der Waals surface area contributed by atoms with Crippen LogP contribution in [0, 0.1) is 11.8 Å². The summed E-state index contributed by atoms with van der Waals surface area (Å²) in [5, 5.41) is 9.09. The molecule has 2 atom stereocenters. The molecule has 114 valence electrons. The second-order valence-electron chi connectivity index (χ2n) is 5.25. The number of rotatable bonds is 5. The number of carbonyl (C=O) groups excluding carboxylic acids is 1. The predicted molar refractivity (Wildman–Crippen MR) is 86.4 cm³/mol. The Bertz CT molecular complexity index is 537. The summed E-state index contributed by atoms with van der Waals surface area (Å²) in [4.78, 5) is 26.0. The van der Waals surface area contributed by atoms with Gasteiger partial charge < -0.3 is 10.0 Å². The maximum atomic E-state index is 12.1. The van der Waals surface area contributed by atoms with E-state index in [9.17, 15) is 9.59 Å². The van der Waals surface area contributed by atoms with Crippen molar-refractivity contribution in [2.45, 2.75) is 18.2 Å². The first-order valence-corrected chi connectivity index (χ1v) is 8.65. The molecule has 1 amide bonds. The molecular weight excluding hydrogens is 354 g/mol. The van der Waals surface area contributed by atoms with Gasteiger partial charge in [-0.3, -0.25) is 9.59 Å². The van der Waals surface area contributed by atoms with Crippen LogP contribution in [-0.4, -0.2) is 40.7 Å². The number of likely N-dealkylation sites (tertiary alicyclic amines) is 1. The fourth-order valence-corrected chi connectivity index (χ4v) is 3.97. The van der Waals surface area contributed by atoms with Gasteiger partial charge in [-0.15, -0.1) is 11.8 Å². The Labute approximate surface area is 137 Å². The number of thioether (sulfide) groups is 1. The van der Waals surface area contributed by atoms with E-state index in [1.165, 1.54) is 0 Å². The zero-order valence-corrected chi connectivity index (χ0v) is 14.2. The molecule has 1 N–H and O–H groups in total. The molecule has 0 unspecified atom stereocenters. The number of hydrogen-bond donors (Lipinski definition) is 1. The topological polar surface area (TPSA) is 57.6 Å². The highest BCUT2D eigenvalue weighted by molar-refractivity contribution is 9.10. The van der Waals surface area contributed by atoms with Gasteiger partial charge in [0.15, 0.2) is 0 Å².